The fourth-order valence-corrected chi connectivity index (χ4v) is 4.82. The number of amides is 2. The minimum atomic E-state index is -4.42. The van der Waals surface area contributed by atoms with Crippen LogP contribution < -0.4 is 0 Å². The van der Waals surface area contributed by atoms with Crippen molar-refractivity contribution < 1.29 is 27.5 Å². The lowest BCUT2D eigenvalue weighted by Crippen LogP contribution is -2.59. The second-order valence-electron chi connectivity index (χ2n) is 9.21. The molecule has 0 bridgehead atoms. The average molecular weight is 488 g/mol. The summed E-state index contributed by atoms with van der Waals surface area (Å²) in [4.78, 5) is 16.3. The summed E-state index contributed by atoms with van der Waals surface area (Å²) in [6.45, 7) is 1.28. The number of hydrogen-bond donors (Lipinski definition) is 2. The maximum atomic E-state index is 13.7. The molecule has 5 rings (SSSR count). The maximum absolute atomic E-state index is 13.7. The summed E-state index contributed by atoms with van der Waals surface area (Å²) in [6, 6.07) is 12.8. The number of piperidine rings is 1. The third-order valence-electron chi connectivity index (χ3n) is 6.72. The largest absolute Gasteiger partial charge is 0.416 e. The Balaban J connectivity index is 1.41. The topological polar surface area (TPSA) is 72.5 Å². The molecule has 3 aromatic rings. The van der Waals surface area contributed by atoms with E-state index in [4.69, 9.17) is 0 Å². The molecular formula is C25H24F4N4O2. The van der Waals surface area contributed by atoms with Gasteiger partial charge in [-0.25, -0.2) is 9.18 Å². The summed E-state index contributed by atoms with van der Waals surface area (Å²) in [5, 5.41) is 16.9. The number of carbonyl (C=O) groups excluding carboxylic acids is 1. The number of β-amino-alcohol motifs (C(OH)–C–C–N with tert-alkyl or cyclic N) is 1. The SMILES string of the molecule is O=C(N1CC(O)C1)N1CC(c2ccc(C(F)(F)F)cc2)CC(c2cc(-c3cccc(F)c3)n[nH]2)C1. The molecule has 2 unspecified atom stereocenters. The van der Waals surface area contributed by atoms with Crippen molar-refractivity contribution in [2.24, 2.45) is 0 Å². The van der Waals surface area contributed by atoms with Gasteiger partial charge in [-0.05, 0) is 42.3 Å². The Labute approximate surface area is 199 Å². The van der Waals surface area contributed by atoms with Crippen molar-refractivity contribution >= 4 is 6.03 Å². The number of halogens is 4. The van der Waals surface area contributed by atoms with Crippen molar-refractivity contribution in [3.05, 3.63) is 77.2 Å². The third-order valence-corrected chi connectivity index (χ3v) is 6.72. The number of benzene rings is 2. The number of aromatic nitrogens is 2. The smallest absolute Gasteiger partial charge is 0.389 e. The molecular weight excluding hydrogens is 464 g/mol. The number of nitrogens with one attached hydrogen (secondary N) is 1. The van der Waals surface area contributed by atoms with Gasteiger partial charge in [0.1, 0.15) is 5.82 Å². The summed E-state index contributed by atoms with van der Waals surface area (Å²) >= 11 is 0. The van der Waals surface area contributed by atoms with Gasteiger partial charge in [0.25, 0.3) is 0 Å². The van der Waals surface area contributed by atoms with Crippen molar-refractivity contribution in [2.45, 2.75) is 30.5 Å². The summed E-state index contributed by atoms with van der Waals surface area (Å²) in [7, 11) is 0. The van der Waals surface area contributed by atoms with Crippen molar-refractivity contribution in [3.63, 3.8) is 0 Å². The Morgan fingerprint density at radius 1 is 0.971 bits per heavy atom. The second kappa shape index (κ2) is 8.99. The van der Waals surface area contributed by atoms with Crippen molar-refractivity contribution in [2.75, 3.05) is 26.2 Å². The highest BCUT2D eigenvalue weighted by Crippen LogP contribution is 2.38. The van der Waals surface area contributed by atoms with E-state index >= 15 is 0 Å². The van der Waals surface area contributed by atoms with Crippen LogP contribution in [0.15, 0.2) is 54.6 Å². The molecule has 1 aromatic heterocycles. The third kappa shape index (κ3) is 4.88. The van der Waals surface area contributed by atoms with E-state index in [1.165, 1.54) is 24.3 Å². The molecule has 10 heteroatoms. The molecule has 2 fully saturated rings. The standard InChI is InChI=1S/C25H24F4N4O2/c26-20-3-1-2-16(9-20)22-10-23(31-30-22)18-8-17(15-4-6-19(7-5-15)25(27,28)29)11-32(12-18)24(35)33-13-21(34)14-33/h1-7,9-10,17-18,21,34H,8,11-14H2,(H,30,31). The van der Waals surface area contributed by atoms with E-state index in [1.807, 2.05) is 6.07 Å². The minimum Gasteiger partial charge on any atom is -0.389 e. The van der Waals surface area contributed by atoms with Crippen LogP contribution in [-0.2, 0) is 6.18 Å². The monoisotopic (exact) mass is 488 g/mol. The molecule has 0 spiro atoms. The van der Waals surface area contributed by atoms with Gasteiger partial charge in [0, 0.05) is 36.2 Å². The zero-order valence-corrected chi connectivity index (χ0v) is 18.7. The number of alkyl halides is 3. The van der Waals surface area contributed by atoms with Gasteiger partial charge in [-0.1, -0.05) is 24.3 Å². The van der Waals surface area contributed by atoms with Crippen molar-refractivity contribution in [1.29, 1.82) is 0 Å². The van der Waals surface area contributed by atoms with Gasteiger partial charge < -0.3 is 14.9 Å². The molecule has 2 amide bonds. The first-order chi connectivity index (χ1) is 16.7. The van der Waals surface area contributed by atoms with Crippen molar-refractivity contribution in [3.8, 4) is 11.3 Å². The van der Waals surface area contributed by atoms with Crippen LogP contribution in [0, 0.1) is 5.82 Å². The molecule has 0 radical (unpaired) electrons. The lowest BCUT2D eigenvalue weighted by molar-refractivity contribution is -0.137. The Kier molecular flexibility index (Phi) is 6.00. The summed E-state index contributed by atoms with van der Waals surface area (Å²) < 4.78 is 52.8. The lowest BCUT2D eigenvalue weighted by Gasteiger charge is -2.44. The molecule has 2 N–H and O–H groups in total. The quantitative estimate of drug-likeness (QED) is 0.530. The van der Waals surface area contributed by atoms with Gasteiger partial charge in [0.2, 0.25) is 0 Å². The lowest BCUT2D eigenvalue weighted by atomic mass is 9.82. The molecule has 2 saturated heterocycles. The highest BCUT2D eigenvalue weighted by molar-refractivity contribution is 5.76. The minimum absolute atomic E-state index is 0.152. The van der Waals surface area contributed by atoms with E-state index in [0.29, 0.717) is 36.3 Å². The molecule has 0 aliphatic carbocycles. The number of aromatic amines is 1. The Morgan fingerprint density at radius 2 is 1.66 bits per heavy atom. The Bertz CT molecular complexity index is 1200. The zero-order valence-electron chi connectivity index (χ0n) is 18.7. The van der Waals surface area contributed by atoms with Gasteiger partial charge in [-0.3, -0.25) is 5.10 Å². The van der Waals surface area contributed by atoms with Crippen LogP contribution in [0.5, 0.6) is 0 Å². The van der Waals surface area contributed by atoms with E-state index < -0.39 is 17.8 Å². The Morgan fingerprint density at radius 3 is 2.31 bits per heavy atom. The Hall–Kier alpha value is -3.40. The number of rotatable bonds is 3. The number of nitrogens with zero attached hydrogens (tertiary/aromatic N) is 3. The number of aliphatic hydroxyl groups is 1. The normalized spacial score (nSPS) is 21.2. The highest BCUT2D eigenvalue weighted by atomic mass is 19.4. The van der Waals surface area contributed by atoms with Crippen LogP contribution in [0.4, 0.5) is 22.4 Å². The number of H-pyrrole nitrogens is 1. The van der Waals surface area contributed by atoms with Gasteiger partial charge in [0.05, 0.1) is 30.5 Å². The number of urea groups is 1. The van der Waals surface area contributed by atoms with Crippen LogP contribution >= 0.6 is 0 Å². The highest BCUT2D eigenvalue weighted by Gasteiger charge is 2.38. The molecule has 184 valence electrons. The van der Waals surface area contributed by atoms with E-state index in [1.54, 1.807) is 21.9 Å². The van der Waals surface area contributed by atoms with Crippen LogP contribution in [0.25, 0.3) is 11.3 Å². The number of hydrogen-bond acceptors (Lipinski definition) is 3. The number of carbonyl (C=O) groups is 1. The second-order valence-corrected chi connectivity index (χ2v) is 9.21. The molecule has 35 heavy (non-hydrogen) atoms. The van der Waals surface area contributed by atoms with E-state index in [9.17, 15) is 27.5 Å². The fourth-order valence-electron chi connectivity index (χ4n) is 4.82. The molecule has 3 heterocycles. The van der Waals surface area contributed by atoms with Gasteiger partial charge in [-0.15, -0.1) is 0 Å². The van der Waals surface area contributed by atoms with Crippen LogP contribution in [0.1, 0.15) is 35.1 Å². The summed E-state index contributed by atoms with van der Waals surface area (Å²) in [5.41, 5.74) is 1.95. The van der Waals surface area contributed by atoms with Gasteiger partial charge in [-0.2, -0.15) is 18.3 Å². The maximum Gasteiger partial charge on any atom is 0.416 e. The predicted octanol–water partition coefficient (Wildman–Crippen LogP) is 4.60. The first kappa shape index (κ1) is 23.3. The zero-order chi connectivity index (χ0) is 24.7. The van der Waals surface area contributed by atoms with E-state index in [2.05, 4.69) is 10.2 Å². The first-order valence-electron chi connectivity index (χ1n) is 11.4. The fraction of sp³-hybridized carbons (Fsp3) is 0.360. The summed E-state index contributed by atoms with van der Waals surface area (Å²) in [5.74, 6) is -0.714. The molecule has 2 atom stereocenters. The first-order valence-corrected chi connectivity index (χ1v) is 11.4. The van der Waals surface area contributed by atoms with E-state index in [-0.39, 0.29) is 36.8 Å². The van der Waals surface area contributed by atoms with E-state index in [0.717, 1.165) is 17.8 Å². The molecule has 2 aliphatic heterocycles. The molecule has 2 aromatic carbocycles. The number of likely N-dealkylation sites (tertiary alicyclic amines) is 2. The average Bonchev–Trinajstić information content (AvgIpc) is 3.31. The van der Waals surface area contributed by atoms with Gasteiger partial charge in [0.15, 0.2) is 0 Å². The number of aliphatic hydroxyl groups excluding tert-OH is 1. The van der Waals surface area contributed by atoms with Crippen LogP contribution in [0.3, 0.4) is 0 Å². The molecule has 6 nitrogen and oxygen atoms in total. The molecule has 2 aliphatic rings. The van der Waals surface area contributed by atoms with Crippen LogP contribution in [0.2, 0.25) is 0 Å². The molecule has 0 saturated carbocycles. The summed E-state index contributed by atoms with van der Waals surface area (Å²) in [6.07, 6.45) is -4.36. The van der Waals surface area contributed by atoms with Crippen LogP contribution in [-0.4, -0.2) is 63.4 Å². The van der Waals surface area contributed by atoms with Gasteiger partial charge >= 0.3 is 12.2 Å². The predicted molar refractivity (Wildman–Crippen MR) is 120 cm³/mol. The van der Waals surface area contributed by atoms with Crippen molar-refractivity contribution in [1.82, 2.24) is 20.0 Å².